The van der Waals surface area contributed by atoms with E-state index in [1.54, 1.807) is 0 Å². The maximum Gasteiger partial charge on any atom is 0.0499 e. The van der Waals surface area contributed by atoms with Gasteiger partial charge in [0.25, 0.3) is 0 Å². The number of hydrogen-bond donors (Lipinski definition) is 1. The minimum atomic E-state index is 0.168. The lowest BCUT2D eigenvalue weighted by Gasteiger charge is -2.35. The second-order valence-electron chi connectivity index (χ2n) is 6.14. The summed E-state index contributed by atoms with van der Waals surface area (Å²) in [5.74, 6) is 0.831. The van der Waals surface area contributed by atoms with Gasteiger partial charge in [0, 0.05) is 17.1 Å². The number of rotatable bonds is 4. The van der Waals surface area contributed by atoms with Gasteiger partial charge >= 0.3 is 0 Å². The molecule has 1 aromatic rings. The van der Waals surface area contributed by atoms with Crippen LogP contribution in [0.4, 0.5) is 0 Å². The molecule has 0 aromatic heterocycles. The van der Waals surface area contributed by atoms with Gasteiger partial charge in [0.05, 0.1) is 0 Å². The molecule has 1 aliphatic rings. The van der Waals surface area contributed by atoms with Gasteiger partial charge in [-0.25, -0.2) is 0 Å². The number of hydrogen-bond acceptors (Lipinski definition) is 2. The molecule has 0 bridgehead atoms. The number of halogens is 1. The lowest BCUT2D eigenvalue weighted by Crippen LogP contribution is -2.41. The van der Waals surface area contributed by atoms with Crippen molar-refractivity contribution in [1.82, 2.24) is 4.90 Å². The second kappa shape index (κ2) is 7.44. The quantitative estimate of drug-likeness (QED) is 0.900. The third kappa shape index (κ3) is 3.97. The lowest BCUT2D eigenvalue weighted by atomic mass is 9.96. The molecule has 1 heterocycles. The largest absolute Gasteiger partial charge is 0.326 e. The molecule has 0 aliphatic carbocycles. The van der Waals surface area contributed by atoms with Crippen molar-refractivity contribution in [2.24, 2.45) is 11.7 Å². The highest BCUT2D eigenvalue weighted by atomic mass is 35.5. The molecule has 1 aliphatic heterocycles. The molecule has 0 saturated carbocycles. The maximum atomic E-state index is 6.43. The molecule has 3 atom stereocenters. The highest BCUT2D eigenvalue weighted by Gasteiger charge is 2.27. The summed E-state index contributed by atoms with van der Waals surface area (Å²) in [4.78, 5) is 2.57. The van der Waals surface area contributed by atoms with E-state index < -0.39 is 0 Å². The van der Waals surface area contributed by atoms with Crippen LogP contribution < -0.4 is 5.73 Å². The number of likely N-dealkylation sites (tertiary alicyclic amines) is 1. The Labute approximate surface area is 128 Å². The number of benzene rings is 1. The molecule has 1 fully saturated rings. The van der Waals surface area contributed by atoms with Crippen LogP contribution in [0.2, 0.25) is 5.02 Å². The highest BCUT2D eigenvalue weighted by Crippen LogP contribution is 2.30. The first-order valence-corrected chi connectivity index (χ1v) is 8.24. The van der Waals surface area contributed by atoms with E-state index in [1.165, 1.54) is 24.8 Å². The summed E-state index contributed by atoms with van der Waals surface area (Å²) in [5.41, 5.74) is 7.70. The van der Waals surface area contributed by atoms with Gasteiger partial charge in [-0.05, 0) is 62.4 Å². The van der Waals surface area contributed by atoms with Crippen molar-refractivity contribution >= 4 is 11.6 Å². The van der Waals surface area contributed by atoms with Crippen LogP contribution in [0, 0.1) is 5.92 Å². The normalized spacial score (nSPS) is 24.1. The summed E-state index contributed by atoms with van der Waals surface area (Å²) in [5, 5.41) is 0.805. The Balaban J connectivity index is 2.23. The topological polar surface area (TPSA) is 29.3 Å². The van der Waals surface area contributed by atoms with Crippen molar-refractivity contribution in [1.29, 1.82) is 0 Å². The van der Waals surface area contributed by atoms with Crippen molar-refractivity contribution in [2.45, 2.75) is 51.6 Å². The zero-order chi connectivity index (χ0) is 14.5. The van der Waals surface area contributed by atoms with Gasteiger partial charge in [-0.3, -0.25) is 4.90 Å². The summed E-state index contributed by atoms with van der Waals surface area (Å²) >= 11 is 6.17. The van der Waals surface area contributed by atoms with Crippen LogP contribution in [-0.4, -0.2) is 24.0 Å². The third-order valence-electron chi connectivity index (χ3n) is 4.51. The van der Waals surface area contributed by atoms with Crippen molar-refractivity contribution in [2.75, 3.05) is 13.1 Å². The summed E-state index contributed by atoms with van der Waals surface area (Å²) < 4.78 is 0. The minimum absolute atomic E-state index is 0.168. The monoisotopic (exact) mass is 294 g/mol. The zero-order valence-electron chi connectivity index (χ0n) is 12.7. The van der Waals surface area contributed by atoms with E-state index in [0.717, 1.165) is 30.5 Å². The van der Waals surface area contributed by atoms with Gasteiger partial charge in [-0.1, -0.05) is 37.6 Å². The van der Waals surface area contributed by atoms with Crippen LogP contribution in [0.25, 0.3) is 0 Å². The van der Waals surface area contributed by atoms with E-state index in [4.69, 9.17) is 17.3 Å². The summed E-state index contributed by atoms with van der Waals surface area (Å²) in [6.07, 6.45) is 4.87. The standard InChI is InChI=1S/C17H27ClN2/c1-3-16(19)17(14-7-4-8-15(18)12-14)20-10-5-6-13(2)9-11-20/h4,7-8,12-13,16-17H,3,5-6,9-11,19H2,1-2H3. The Morgan fingerprint density at radius 2 is 2.15 bits per heavy atom. The van der Waals surface area contributed by atoms with Crippen LogP contribution in [0.15, 0.2) is 24.3 Å². The Morgan fingerprint density at radius 1 is 1.35 bits per heavy atom. The van der Waals surface area contributed by atoms with Gasteiger partial charge < -0.3 is 5.73 Å². The van der Waals surface area contributed by atoms with E-state index in [1.807, 2.05) is 12.1 Å². The molecule has 112 valence electrons. The molecule has 3 unspecified atom stereocenters. The molecular formula is C17H27ClN2. The Hall–Kier alpha value is -0.570. The predicted molar refractivity (Wildman–Crippen MR) is 87.0 cm³/mol. The first-order valence-electron chi connectivity index (χ1n) is 7.87. The zero-order valence-corrected chi connectivity index (χ0v) is 13.4. The fourth-order valence-electron chi connectivity index (χ4n) is 3.21. The predicted octanol–water partition coefficient (Wildman–Crippen LogP) is 4.24. The van der Waals surface area contributed by atoms with Crippen LogP contribution in [0.3, 0.4) is 0 Å². The van der Waals surface area contributed by atoms with Crippen LogP contribution in [0.5, 0.6) is 0 Å². The molecule has 0 radical (unpaired) electrons. The molecule has 1 aromatic carbocycles. The van der Waals surface area contributed by atoms with E-state index in [0.29, 0.717) is 6.04 Å². The third-order valence-corrected chi connectivity index (χ3v) is 4.75. The fraction of sp³-hybridized carbons (Fsp3) is 0.647. The highest BCUT2D eigenvalue weighted by molar-refractivity contribution is 6.30. The smallest absolute Gasteiger partial charge is 0.0499 e. The average Bonchev–Trinajstić information content (AvgIpc) is 2.64. The first-order chi connectivity index (χ1) is 9.61. The van der Waals surface area contributed by atoms with Gasteiger partial charge in [0.15, 0.2) is 0 Å². The van der Waals surface area contributed by atoms with Gasteiger partial charge in [0.1, 0.15) is 0 Å². The molecule has 20 heavy (non-hydrogen) atoms. The van der Waals surface area contributed by atoms with Gasteiger partial charge in [-0.2, -0.15) is 0 Å². The van der Waals surface area contributed by atoms with Crippen molar-refractivity contribution in [3.63, 3.8) is 0 Å². The minimum Gasteiger partial charge on any atom is -0.326 e. The van der Waals surface area contributed by atoms with Crippen LogP contribution >= 0.6 is 11.6 Å². The number of nitrogens with zero attached hydrogens (tertiary/aromatic N) is 1. The molecule has 2 rings (SSSR count). The molecule has 0 spiro atoms. The van der Waals surface area contributed by atoms with E-state index >= 15 is 0 Å². The Bertz CT molecular complexity index is 421. The van der Waals surface area contributed by atoms with Crippen LogP contribution in [-0.2, 0) is 0 Å². The number of nitrogens with two attached hydrogens (primary N) is 1. The maximum absolute atomic E-state index is 6.43. The Morgan fingerprint density at radius 3 is 2.85 bits per heavy atom. The summed E-state index contributed by atoms with van der Waals surface area (Å²) in [6.45, 7) is 6.82. The van der Waals surface area contributed by atoms with E-state index in [-0.39, 0.29) is 6.04 Å². The summed E-state index contributed by atoms with van der Waals surface area (Å²) in [7, 11) is 0. The molecule has 1 saturated heterocycles. The van der Waals surface area contributed by atoms with Crippen molar-refractivity contribution < 1.29 is 0 Å². The van der Waals surface area contributed by atoms with E-state index in [9.17, 15) is 0 Å². The summed E-state index contributed by atoms with van der Waals surface area (Å²) in [6, 6.07) is 8.68. The lowest BCUT2D eigenvalue weighted by molar-refractivity contribution is 0.174. The fourth-order valence-corrected chi connectivity index (χ4v) is 3.40. The molecular weight excluding hydrogens is 268 g/mol. The van der Waals surface area contributed by atoms with Gasteiger partial charge in [-0.15, -0.1) is 0 Å². The molecule has 2 nitrogen and oxygen atoms in total. The molecule has 2 N–H and O–H groups in total. The van der Waals surface area contributed by atoms with Crippen molar-refractivity contribution in [3.8, 4) is 0 Å². The van der Waals surface area contributed by atoms with E-state index in [2.05, 4.69) is 30.9 Å². The first kappa shape index (κ1) is 15.8. The second-order valence-corrected chi connectivity index (χ2v) is 6.58. The average molecular weight is 295 g/mol. The SMILES string of the molecule is CCC(N)C(c1cccc(Cl)c1)N1CCCC(C)CC1. The molecule has 0 amide bonds. The van der Waals surface area contributed by atoms with Crippen molar-refractivity contribution in [3.05, 3.63) is 34.9 Å². The van der Waals surface area contributed by atoms with Crippen LogP contribution in [0.1, 0.15) is 51.1 Å². The van der Waals surface area contributed by atoms with Gasteiger partial charge in [0.2, 0.25) is 0 Å². The Kier molecular flexibility index (Phi) is 5.88. The molecule has 3 heteroatoms.